The number of rotatable bonds is 3. The van der Waals surface area contributed by atoms with Crippen LogP contribution in [-0.2, 0) is 0 Å². The van der Waals surface area contributed by atoms with Gasteiger partial charge in [0, 0.05) is 23.0 Å². The molecule has 1 heterocycles. The molecule has 0 aliphatic rings. The number of aromatic nitrogens is 1. The van der Waals surface area contributed by atoms with Gasteiger partial charge >= 0.3 is 0 Å². The van der Waals surface area contributed by atoms with Crippen LogP contribution in [0.1, 0.15) is 5.56 Å². The largest absolute Gasteiger partial charge is 0.404 e. The average molecular weight is 315 g/mol. The predicted octanol–water partition coefficient (Wildman–Crippen LogP) is 2.14. The summed E-state index contributed by atoms with van der Waals surface area (Å²) in [4.78, 5) is 8.17. The second kappa shape index (κ2) is 6.73. The molecule has 0 amide bonds. The van der Waals surface area contributed by atoms with Gasteiger partial charge in [-0.05, 0) is 36.5 Å². The minimum absolute atomic E-state index is 0.0676. The van der Waals surface area contributed by atoms with Gasteiger partial charge in [-0.25, -0.2) is 4.99 Å². The lowest BCUT2D eigenvalue weighted by Crippen LogP contribution is -2.13. The van der Waals surface area contributed by atoms with Crippen molar-refractivity contribution in [3.05, 3.63) is 59.4 Å². The minimum atomic E-state index is -0.0676. The van der Waals surface area contributed by atoms with Crippen LogP contribution in [0.3, 0.4) is 0 Å². The molecule has 7 N–H and O–H groups in total. The lowest BCUT2D eigenvalue weighted by Gasteiger charge is -2.08. The van der Waals surface area contributed by atoms with Crippen LogP contribution in [-0.4, -0.2) is 16.7 Å². The highest BCUT2D eigenvalue weighted by atomic mass is 35.5. The van der Waals surface area contributed by atoms with Gasteiger partial charge in [-0.3, -0.25) is 10.4 Å². The molecule has 0 unspecified atom stereocenters. The number of amidine groups is 2. The van der Waals surface area contributed by atoms with Gasteiger partial charge in [-0.1, -0.05) is 17.7 Å². The Balaban J connectivity index is 2.46. The Bertz CT molecular complexity index is 766. The van der Waals surface area contributed by atoms with Crippen LogP contribution in [0.5, 0.6) is 0 Å². The molecule has 0 saturated heterocycles. The fourth-order valence-corrected chi connectivity index (χ4v) is 2.06. The summed E-state index contributed by atoms with van der Waals surface area (Å²) in [6, 6.07) is 8.65. The van der Waals surface area contributed by atoms with Crippen molar-refractivity contribution in [1.82, 2.24) is 4.98 Å². The Morgan fingerprint density at radius 2 is 2.09 bits per heavy atom. The van der Waals surface area contributed by atoms with Gasteiger partial charge in [0.25, 0.3) is 0 Å². The molecule has 0 spiro atoms. The van der Waals surface area contributed by atoms with Crippen molar-refractivity contribution >= 4 is 29.0 Å². The van der Waals surface area contributed by atoms with Gasteiger partial charge in [0.05, 0.1) is 10.7 Å². The molecule has 0 bridgehead atoms. The first-order valence-corrected chi connectivity index (χ1v) is 6.72. The van der Waals surface area contributed by atoms with Gasteiger partial charge in [-0.2, -0.15) is 0 Å². The summed E-state index contributed by atoms with van der Waals surface area (Å²) >= 11 is 6.14. The SMILES string of the molecule is N=C(N=C(N)/C=C\N)c1cc(-c2ncccc2Cl)ccc1N. The van der Waals surface area contributed by atoms with Gasteiger partial charge in [0.2, 0.25) is 0 Å². The molecular weight excluding hydrogens is 300 g/mol. The molecule has 0 aliphatic heterocycles. The number of benzene rings is 1. The third kappa shape index (κ3) is 3.42. The monoisotopic (exact) mass is 314 g/mol. The molecule has 1 aromatic heterocycles. The summed E-state index contributed by atoms with van der Waals surface area (Å²) in [6.07, 6.45) is 4.29. The van der Waals surface area contributed by atoms with Crippen LogP contribution < -0.4 is 17.2 Å². The van der Waals surface area contributed by atoms with Crippen LogP contribution in [0.2, 0.25) is 5.02 Å². The number of nitrogens with two attached hydrogens (primary N) is 3. The van der Waals surface area contributed by atoms with Crippen molar-refractivity contribution in [3.63, 3.8) is 0 Å². The Morgan fingerprint density at radius 1 is 1.32 bits per heavy atom. The maximum Gasteiger partial charge on any atom is 0.156 e. The highest BCUT2D eigenvalue weighted by molar-refractivity contribution is 6.33. The standard InChI is InChI=1S/C15H15ClN6/c16-11-2-1-7-21-14(11)9-3-4-12(18)10(8-9)15(20)22-13(19)5-6-17/h1-8H,17-18H2,(H3,19,20,22)/b6-5-. The molecule has 0 atom stereocenters. The van der Waals surface area contributed by atoms with Crippen LogP contribution in [0, 0.1) is 5.41 Å². The van der Waals surface area contributed by atoms with Crippen LogP contribution in [0.25, 0.3) is 11.3 Å². The average Bonchev–Trinajstić information content (AvgIpc) is 2.48. The topological polar surface area (TPSA) is 127 Å². The number of hydrogen-bond donors (Lipinski definition) is 4. The van der Waals surface area contributed by atoms with Crippen molar-refractivity contribution in [2.45, 2.75) is 0 Å². The lowest BCUT2D eigenvalue weighted by atomic mass is 10.0. The summed E-state index contributed by atoms with van der Waals surface area (Å²) in [6.45, 7) is 0. The molecule has 112 valence electrons. The van der Waals surface area contributed by atoms with Gasteiger partial charge < -0.3 is 17.2 Å². The number of nitrogens with zero attached hydrogens (tertiary/aromatic N) is 2. The molecule has 2 aromatic rings. The maximum atomic E-state index is 8.02. The zero-order chi connectivity index (χ0) is 16.1. The fourth-order valence-electron chi connectivity index (χ4n) is 1.83. The van der Waals surface area contributed by atoms with Crippen molar-refractivity contribution in [1.29, 1.82) is 5.41 Å². The number of anilines is 1. The van der Waals surface area contributed by atoms with Crippen molar-refractivity contribution in [2.75, 3.05) is 5.73 Å². The highest BCUT2D eigenvalue weighted by Gasteiger charge is 2.10. The molecule has 0 aliphatic carbocycles. The van der Waals surface area contributed by atoms with E-state index in [0.29, 0.717) is 22.0 Å². The van der Waals surface area contributed by atoms with Gasteiger partial charge in [0.15, 0.2) is 5.84 Å². The van der Waals surface area contributed by atoms with E-state index < -0.39 is 0 Å². The number of aliphatic imine (C=N–C) groups is 1. The third-order valence-corrected chi connectivity index (χ3v) is 3.15. The molecule has 0 fully saturated rings. The second-order valence-corrected chi connectivity index (χ2v) is 4.79. The van der Waals surface area contributed by atoms with Crippen LogP contribution in [0.15, 0.2) is 53.8 Å². The van der Waals surface area contributed by atoms with E-state index in [-0.39, 0.29) is 11.7 Å². The molecule has 7 heteroatoms. The Labute approximate surface area is 132 Å². The van der Waals surface area contributed by atoms with E-state index in [2.05, 4.69) is 9.98 Å². The maximum absolute atomic E-state index is 8.02. The van der Waals surface area contributed by atoms with Gasteiger partial charge in [0.1, 0.15) is 5.84 Å². The molecule has 0 radical (unpaired) electrons. The van der Waals surface area contributed by atoms with E-state index in [1.807, 2.05) is 0 Å². The summed E-state index contributed by atoms with van der Waals surface area (Å²) in [7, 11) is 0. The summed E-state index contributed by atoms with van der Waals surface area (Å²) < 4.78 is 0. The van der Waals surface area contributed by atoms with E-state index >= 15 is 0 Å². The molecule has 1 aromatic carbocycles. The first kappa shape index (κ1) is 15.5. The number of pyridine rings is 1. The molecule has 22 heavy (non-hydrogen) atoms. The highest BCUT2D eigenvalue weighted by Crippen LogP contribution is 2.28. The van der Waals surface area contributed by atoms with E-state index in [0.717, 1.165) is 5.56 Å². The second-order valence-electron chi connectivity index (χ2n) is 4.38. The molecular formula is C15H15ClN6. The van der Waals surface area contributed by atoms with Crippen LogP contribution in [0.4, 0.5) is 5.69 Å². The normalized spacial score (nSPS) is 11.8. The zero-order valence-electron chi connectivity index (χ0n) is 11.6. The Hall–Kier alpha value is -2.86. The van der Waals surface area contributed by atoms with E-state index in [1.165, 1.54) is 12.3 Å². The lowest BCUT2D eigenvalue weighted by molar-refractivity contribution is 1.32. The third-order valence-electron chi connectivity index (χ3n) is 2.85. The first-order chi connectivity index (χ1) is 10.5. The van der Waals surface area contributed by atoms with E-state index in [9.17, 15) is 0 Å². The molecule has 2 rings (SSSR count). The van der Waals surface area contributed by atoms with Crippen molar-refractivity contribution < 1.29 is 0 Å². The summed E-state index contributed by atoms with van der Waals surface area (Å²) in [5, 5.41) is 8.53. The van der Waals surface area contributed by atoms with Gasteiger partial charge in [-0.15, -0.1) is 0 Å². The zero-order valence-corrected chi connectivity index (χ0v) is 12.4. The number of nitrogen functional groups attached to an aromatic ring is 1. The molecule has 0 saturated carbocycles. The fraction of sp³-hybridized carbons (Fsp3) is 0. The summed E-state index contributed by atoms with van der Waals surface area (Å²) in [5.41, 5.74) is 18.9. The quantitative estimate of drug-likeness (QED) is 0.393. The first-order valence-electron chi connectivity index (χ1n) is 6.34. The van der Waals surface area contributed by atoms with E-state index in [1.54, 1.807) is 36.5 Å². The number of hydrogen-bond acceptors (Lipinski definition) is 4. The van der Waals surface area contributed by atoms with Crippen molar-refractivity contribution in [3.8, 4) is 11.3 Å². The number of halogens is 1. The van der Waals surface area contributed by atoms with Crippen LogP contribution >= 0.6 is 11.6 Å². The predicted molar refractivity (Wildman–Crippen MR) is 90.9 cm³/mol. The number of nitrogens with one attached hydrogen (secondary N) is 1. The van der Waals surface area contributed by atoms with Crippen molar-refractivity contribution in [2.24, 2.45) is 16.5 Å². The van der Waals surface area contributed by atoms with E-state index in [4.69, 9.17) is 34.2 Å². The molecule has 6 nitrogen and oxygen atoms in total. The minimum Gasteiger partial charge on any atom is -0.404 e. The Morgan fingerprint density at radius 3 is 2.77 bits per heavy atom. The smallest absolute Gasteiger partial charge is 0.156 e. The summed E-state index contributed by atoms with van der Waals surface area (Å²) in [5.74, 6) is 0.0511. The Kier molecular flexibility index (Phi) is 4.75.